The lowest BCUT2D eigenvalue weighted by molar-refractivity contribution is -0.165. The molecule has 0 aromatic carbocycles. The van der Waals surface area contributed by atoms with E-state index in [1.165, 1.54) is 19.3 Å². The highest BCUT2D eigenvalue weighted by Gasteiger charge is 2.62. The van der Waals surface area contributed by atoms with Crippen LogP contribution in [0.15, 0.2) is 6.07 Å². The summed E-state index contributed by atoms with van der Waals surface area (Å²) in [5.41, 5.74) is 1.56. The van der Waals surface area contributed by atoms with Gasteiger partial charge in [0, 0.05) is 11.8 Å². The number of hydrogen-bond donors (Lipinski definition) is 2. The number of nitrogens with one attached hydrogen (secondary N) is 2. The quantitative estimate of drug-likeness (QED) is 0.872. The van der Waals surface area contributed by atoms with Gasteiger partial charge in [-0.1, -0.05) is 13.8 Å². The molecule has 5 rings (SSSR count). The van der Waals surface area contributed by atoms with Gasteiger partial charge < -0.3 is 5.32 Å². The number of nitrogens with zero attached hydrogens (tertiary/aromatic N) is 1. The number of aromatic nitrogens is 2. The Morgan fingerprint density at radius 1 is 1.24 bits per heavy atom. The molecular formula is C17H25N3O. The van der Waals surface area contributed by atoms with E-state index >= 15 is 0 Å². The lowest BCUT2D eigenvalue weighted by Crippen LogP contribution is -2.58. The van der Waals surface area contributed by atoms with Gasteiger partial charge in [0.15, 0.2) is 5.82 Å². The van der Waals surface area contributed by atoms with E-state index in [2.05, 4.69) is 29.4 Å². The maximum atomic E-state index is 13.0. The lowest BCUT2D eigenvalue weighted by Gasteiger charge is -2.64. The molecule has 4 nitrogen and oxygen atoms in total. The van der Waals surface area contributed by atoms with Gasteiger partial charge in [0.2, 0.25) is 5.91 Å². The molecule has 4 aliphatic carbocycles. The summed E-state index contributed by atoms with van der Waals surface area (Å²) in [6, 6.07) is 1.90. The summed E-state index contributed by atoms with van der Waals surface area (Å²) in [6.45, 7) is 6.75. The smallest absolute Gasteiger partial charge is 0.231 e. The van der Waals surface area contributed by atoms with E-state index in [4.69, 9.17) is 0 Å². The highest BCUT2D eigenvalue weighted by molar-refractivity contribution is 5.95. The maximum absolute atomic E-state index is 13.0. The van der Waals surface area contributed by atoms with E-state index in [0.717, 1.165) is 30.9 Å². The van der Waals surface area contributed by atoms with Gasteiger partial charge in [0.05, 0.1) is 5.41 Å². The highest BCUT2D eigenvalue weighted by Crippen LogP contribution is 2.69. The van der Waals surface area contributed by atoms with Crippen molar-refractivity contribution in [2.75, 3.05) is 5.32 Å². The van der Waals surface area contributed by atoms with Crippen molar-refractivity contribution in [3.63, 3.8) is 0 Å². The second kappa shape index (κ2) is 3.90. The molecule has 2 N–H and O–H groups in total. The zero-order chi connectivity index (χ0) is 14.9. The Hall–Kier alpha value is -1.32. The van der Waals surface area contributed by atoms with Crippen LogP contribution in [-0.4, -0.2) is 16.1 Å². The van der Waals surface area contributed by atoms with Crippen molar-refractivity contribution in [1.29, 1.82) is 0 Å². The average Bonchev–Trinajstić information content (AvgIpc) is 2.69. The third-order valence-corrected chi connectivity index (χ3v) is 6.06. The third kappa shape index (κ3) is 2.02. The molecule has 0 spiro atoms. The zero-order valence-corrected chi connectivity index (χ0v) is 13.3. The number of rotatable bonds is 2. The fraction of sp³-hybridized carbons (Fsp3) is 0.765. The molecule has 1 amide bonds. The molecule has 21 heavy (non-hydrogen) atoms. The number of aryl methyl sites for hydroxylation is 1. The zero-order valence-electron chi connectivity index (χ0n) is 13.3. The van der Waals surface area contributed by atoms with E-state index in [1.807, 2.05) is 13.0 Å². The summed E-state index contributed by atoms with van der Waals surface area (Å²) < 4.78 is 0. The fourth-order valence-electron chi connectivity index (χ4n) is 6.43. The Kier molecular flexibility index (Phi) is 2.48. The van der Waals surface area contributed by atoms with Crippen molar-refractivity contribution < 1.29 is 4.79 Å². The lowest BCUT2D eigenvalue weighted by atomic mass is 9.40. The summed E-state index contributed by atoms with van der Waals surface area (Å²) >= 11 is 0. The molecule has 1 heterocycles. The first-order valence-corrected chi connectivity index (χ1v) is 8.14. The second-order valence-electron chi connectivity index (χ2n) is 8.80. The molecule has 4 heteroatoms. The van der Waals surface area contributed by atoms with Crippen molar-refractivity contribution in [3.05, 3.63) is 11.8 Å². The van der Waals surface area contributed by atoms with Crippen LogP contribution in [-0.2, 0) is 4.79 Å². The molecule has 2 unspecified atom stereocenters. The van der Waals surface area contributed by atoms with Gasteiger partial charge in [0.25, 0.3) is 0 Å². The molecule has 114 valence electrons. The number of carbonyl (C=O) groups is 1. The summed E-state index contributed by atoms with van der Waals surface area (Å²) in [5.74, 6) is 1.61. The Balaban J connectivity index is 1.63. The second-order valence-corrected chi connectivity index (χ2v) is 8.80. The van der Waals surface area contributed by atoms with Crippen molar-refractivity contribution in [1.82, 2.24) is 10.2 Å². The van der Waals surface area contributed by atoms with Crippen molar-refractivity contribution in [3.8, 4) is 0 Å². The molecule has 4 fully saturated rings. The van der Waals surface area contributed by atoms with Crippen LogP contribution in [0.4, 0.5) is 5.82 Å². The molecular weight excluding hydrogens is 262 g/mol. The van der Waals surface area contributed by atoms with Gasteiger partial charge in [-0.2, -0.15) is 5.10 Å². The van der Waals surface area contributed by atoms with Crippen LogP contribution in [0.2, 0.25) is 0 Å². The summed E-state index contributed by atoms with van der Waals surface area (Å²) in [5, 5.41) is 10.1. The Morgan fingerprint density at radius 3 is 2.43 bits per heavy atom. The normalized spacial score (nSPS) is 44.0. The maximum Gasteiger partial charge on any atom is 0.231 e. The first-order chi connectivity index (χ1) is 9.80. The largest absolute Gasteiger partial charge is 0.309 e. The van der Waals surface area contributed by atoms with Crippen molar-refractivity contribution in [2.45, 2.75) is 59.3 Å². The highest BCUT2D eigenvalue weighted by atomic mass is 16.2. The van der Waals surface area contributed by atoms with Gasteiger partial charge in [-0.05, 0) is 62.2 Å². The van der Waals surface area contributed by atoms with Gasteiger partial charge >= 0.3 is 0 Å². The summed E-state index contributed by atoms with van der Waals surface area (Å²) in [4.78, 5) is 13.0. The Bertz CT molecular complexity index is 587. The van der Waals surface area contributed by atoms with E-state index in [9.17, 15) is 4.79 Å². The molecule has 4 bridgehead atoms. The standard InChI is InChI=1S/C17H25N3O/c1-11-4-13(20-19-11)18-14(21)17-7-12-5-15(2,9-17)8-16(3,6-12)10-17/h4,12H,5-10H2,1-3H3,(H2,18,19,20,21). The molecule has 2 atom stereocenters. The van der Waals surface area contributed by atoms with Crippen molar-refractivity contribution >= 4 is 11.7 Å². The van der Waals surface area contributed by atoms with Gasteiger partial charge in [-0.3, -0.25) is 9.89 Å². The van der Waals surface area contributed by atoms with E-state index in [-0.39, 0.29) is 11.3 Å². The minimum atomic E-state index is -0.157. The van der Waals surface area contributed by atoms with Crippen LogP contribution in [0.1, 0.15) is 58.1 Å². The topological polar surface area (TPSA) is 57.8 Å². The Labute approximate surface area is 126 Å². The SMILES string of the molecule is Cc1cc(NC(=O)C23CC4CC(C)(CC(C)(C4)C2)C3)n[nH]1. The molecule has 1 aromatic rings. The van der Waals surface area contributed by atoms with Crippen molar-refractivity contribution in [2.24, 2.45) is 22.2 Å². The Morgan fingerprint density at radius 2 is 1.90 bits per heavy atom. The number of H-pyrrole nitrogens is 1. The monoisotopic (exact) mass is 287 g/mol. The average molecular weight is 287 g/mol. The summed E-state index contributed by atoms with van der Waals surface area (Å²) in [6.07, 6.45) is 7.13. The van der Waals surface area contributed by atoms with Crippen LogP contribution in [0.5, 0.6) is 0 Å². The number of anilines is 1. The first-order valence-electron chi connectivity index (χ1n) is 8.14. The molecule has 4 aliphatic rings. The van der Waals surface area contributed by atoms with Gasteiger partial charge in [-0.15, -0.1) is 0 Å². The van der Waals surface area contributed by atoms with Crippen LogP contribution < -0.4 is 5.32 Å². The molecule has 0 saturated heterocycles. The molecule has 0 aliphatic heterocycles. The molecule has 4 saturated carbocycles. The van der Waals surface area contributed by atoms with Gasteiger partial charge in [-0.25, -0.2) is 0 Å². The summed E-state index contributed by atoms with van der Waals surface area (Å²) in [7, 11) is 0. The first kappa shape index (κ1) is 13.4. The minimum Gasteiger partial charge on any atom is -0.309 e. The van der Waals surface area contributed by atoms with Crippen LogP contribution in [0.3, 0.4) is 0 Å². The number of aromatic amines is 1. The van der Waals surface area contributed by atoms with Crippen LogP contribution in [0.25, 0.3) is 0 Å². The molecule has 0 radical (unpaired) electrons. The van der Waals surface area contributed by atoms with Crippen LogP contribution in [0, 0.1) is 29.1 Å². The predicted octanol–water partition coefficient (Wildman–Crippen LogP) is 3.65. The van der Waals surface area contributed by atoms with Crippen LogP contribution >= 0.6 is 0 Å². The van der Waals surface area contributed by atoms with E-state index in [1.54, 1.807) is 0 Å². The number of carbonyl (C=O) groups excluding carboxylic acids is 1. The third-order valence-electron chi connectivity index (χ3n) is 6.06. The number of amides is 1. The number of hydrogen-bond acceptors (Lipinski definition) is 2. The fourth-order valence-corrected chi connectivity index (χ4v) is 6.43. The minimum absolute atomic E-state index is 0.157. The van der Waals surface area contributed by atoms with E-state index < -0.39 is 0 Å². The predicted molar refractivity (Wildman–Crippen MR) is 81.8 cm³/mol. The van der Waals surface area contributed by atoms with E-state index in [0.29, 0.717) is 16.6 Å². The van der Waals surface area contributed by atoms with Gasteiger partial charge in [0.1, 0.15) is 0 Å². The molecule has 1 aromatic heterocycles.